The molecule has 0 N–H and O–H groups in total. The highest BCUT2D eigenvalue weighted by atomic mass is 19.1. The molecule has 0 bridgehead atoms. The largest absolute Gasteiger partial charge is 0.364 e. The fraction of sp³-hybridized carbons (Fsp3) is 0.200. The number of benzene rings is 3. The molecule has 6 heteroatoms. The lowest BCUT2D eigenvalue weighted by molar-refractivity contribution is -0.120. The molecule has 3 aromatic rings. The predicted octanol–water partition coefficient (Wildman–Crippen LogP) is 3.51. The summed E-state index contributed by atoms with van der Waals surface area (Å²) in [5.41, 5.74) is 1.85. The summed E-state index contributed by atoms with van der Waals surface area (Å²) in [6.07, 6.45) is 0. The maximum Gasteiger partial charge on any atom is 0.282 e. The monoisotopic (exact) mass is 415 g/mol. The van der Waals surface area contributed by atoms with Gasteiger partial charge in [-0.15, -0.1) is 0 Å². The summed E-state index contributed by atoms with van der Waals surface area (Å²) in [6, 6.07) is 19.1. The average molecular weight is 415 g/mol. The second-order valence-corrected chi connectivity index (χ2v) is 7.96. The third-order valence-corrected chi connectivity index (χ3v) is 6.02. The van der Waals surface area contributed by atoms with Crippen molar-refractivity contribution in [2.24, 2.45) is 0 Å². The molecule has 2 aliphatic rings. The predicted molar refractivity (Wildman–Crippen MR) is 119 cm³/mol. The van der Waals surface area contributed by atoms with Crippen molar-refractivity contribution in [3.05, 3.63) is 83.8 Å². The van der Waals surface area contributed by atoms with E-state index in [9.17, 15) is 14.0 Å². The van der Waals surface area contributed by atoms with Gasteiger partial charge >= 0.3 is 0 Å². The molecule has 3 aromatic carbocycles. The maximum absolute atomic E-state index is 13.7. The maximum atomic E-state index is 13.7. The number of piperazine rings is 1. The van der Waals surface area contributed by atoms with Crippen molar-refractivity contribution in [2.45, 2.75) is 0 Å². The van der Waals surface area contributed by atoms with E-state index in [1.165, 1.54) is 17.0 Å². The van der Waals surface area contributed by atoms with Crippen LogP contribution in [0.5, 0.6) is 0 Å². The van der Waals surface area contributed by atoms with Gasteiger partial charge in [0.25, 0.3) is 11.8 Å². The van der Waals surface area contributed by atoms with Crippen LogP contribution in [-0.4, -0.2) is 54.8 Å². The van der Waals surface area contributed by atoms with Crippen molar-refractivity contribution in [1.82, 2.24) is 9.80 Å². The van der Waals surface area contributed by atoms with Gasteiger partial charge < -0.3 is 9.80 Å². The molecule has 5 rings (SSSR count). The molecule has 1 fully saturated rings. The Balaban J connectivity index is 1.65. The Hall–Kier alpha value is -3.51. The van der Waals surface area contributed by atoms with Crippen LogP contribution >= 0.6 is 0 Å². The van der Waals surface area contributed by atoms with Gasteiger partial charge in [0.2, 0.25) is 0 Å². The van der Waals surface area contributed by atoms with Gasteiger partial charge in [-0.2, -0.15) is 0 Å². The molecule has 0 unspecified atom stereocenters. The summed E-state index contributed by atoms with van der Waals surface area (Å²) in [5.74, 6) is -1.08. The molecule has 0 aromatic heterocycles. The van der Waals surface area contributed by atoms with E-state index in [1.807, 2.05) is 48.3 Å². The number of hydrogen-bond acceptors (Lipinski definition) is 4. The zero-order valence-electron chi connectivity index (χ0n) is 17.2. The molecule has 156 valence electrons. The average Bonchev–Trinajstić information content (AvgIpc) is 3.04. The first-order chi connectivity index (χ1) is 15.0. The van der Waals surface area contributed by atoms with Crippen LogP contribution < -0.4 is 4.90 Å². The Morgan fingerprint density at radius 1 is 0.774 bits per heavy atom. The summed E-state index contributed by atoms with van der Waals surface area (Å²) in [4.78, 5) is 32.8. The van der Waals surface area contributed by atoms with E-state index in [4.69, 9.17) is 0 Å². The second kappa shape index (κ2) is 7.63. The van der Waals surface area contributed by atoms with E-state index in [0.29, 0.717) is 35.6 Å². The van der Waals surface area contributed by atoms with Gasteiger partial charge in [0, 0.05) is 31.6 Å². The van der Waals surface area contributed by atoms with Crippen LogP contribution in [0.25, 0.3) is 16.3 Å². The van der Waals surface area contributed by atoms with Crippen molar-refractivity contribution in [1.29, 1.82) is 0 Å². The zero-order chi connectivity index (χ0) is 21.5. The molecule has 1 saturated heterocycles. The third-order valence-electron chi connectivity index (χ3n) is 6.02. The van der Waals surface area contributed by atoms with Crippen LogP contribution in [0.1, 0.15) is 5.56 Å². The summed E-state index contributed by atoms with van der Waals surface area (Å²) in [5, 5.41) is 1.79. The number of hydrogen-bond donors (Lipinski definition) is 0. The SMILES string of the molecule is CN1CCN(C2=C(c3ccc(F)cc3)C(=O)N(c3cccc4ccccc34)C2=O)CC1. The van der Waals surface area contributed by atoms with Gasteiger partial charge in [-0.1, -0.05) is 48.5 Å². The van der Waals surface area contributed by atoms with Gasteiger partial charge in [-0.05, 0) is 36.2 Å². The van der Waals surface area contributed by atoms with Gasteiger partial charge in [0.1, 0.15) is 11.5 Å². The van der Waals surface area contributed by atoms with Gasteiger partial charge in [0.05, 0.1) is 11.3 Å². The standard InChI is InChI=1S/C25H22FN3O2/c1-27-13-15-28(16-14-27)23-22(18-9-11-19(26)12-10-18)24(30)29(25(23)31)21-8-4-6-17-5-2-3-7-20(17)21/h2-12H,13-16H2,1H3. The number of carbonyl (C=O) groups is 2. The first-order valence-corrected chi connectivity index (χ1v) is 10.3. The number of likely N-dealkylation sites (N-methyl/N-ethyl adjacent to an activating group) is 1. The first kappa shape index (κ1) is 19.5. The van der Waals surface area contributed by atoms with Crippen LogP contribution in [-0.2, 0) is 9.59 Å². The van der Waals surface area contributed by atoms with Crippen molar-refractivity contribution < 1.29 is 14.0 Å². The minimum Gasteiger partial charge on any atom is -0.364 e. The van der Waals surface area contributed by atoms with Crippen LogP contribution in [0.4, 0.5) is 10.1 Å². The fourth-order valence-electron chi connectivity index (χ4n) is 4.34. The number of imide groups is 1. The summed E-state index contributed by atoms with van der Waals surface area (Å²) >= 11 is 0. The minimum absolute atomic E-state index is 0.328. The molecule has 2 heterocycles. The molecule has 0 saturated carbocycles. The number of nitrogens with zero attached hydrogens (tertiary/aromatic N) is 3. The molecular formula is C25H22FN3O2. The zero-order valence-corrected chi connectivity index (χ0v) is 17.2. The van der Waals surface area contributed by atoms with E-state index < -0.39 is 0 Å². The Labute approximate surface area is 180 Å². The van der Waals surface area contributed by atoms with Crippen molar-refractivity contribution >= 4 is 33.8 Å². The minimum atomic E-state index is -0.381. The topological polar surface area (TPSA) is 43.9 Å². The molecule has 0 aliphatic carbocycles. The van der Waals surface area contributed by atoms with Gasteiger partial charge in [-0.3, -0.25) is 9.59 Å². The van der Waals surface area contributed by atoms with Gasteiger partial charge in [-0.25, -0.2) is 9.29 Å². The fourth-order valence-corrected chi connectivity index (χ4v) is 4.34. The molecule has 2 amide bonds. The molecule has 0 radical (unpaired) electrons. The number of carbonyl (C=O) groups excluding carboxylic acids is 2. The summed E-state index contributed by atoms with van der Waals surface area (Å²) in [6.45, 7) is 2.91. The molecule has 0 atom stereocenters. The van der Waals surface area contributed by atoms with E-state index in [0.717, 1.165) is 23.9 Å². The lowest BCUT2D eigenvalue weighted by Crippen LogP contribution is -2.46. The highest BCUT2D eigenvalue weighted by Gasteiger charge is 2.43. The number of amides is 2. The Morgan fingerprint density at radius 2 is 1.45 bits per heavy atom. The molecule has 31 heavy (non-hydrogen) atoms. The van der Waals surface area contributed by atoms with E-state index in [2.05, 4.69) is 4.90 Å². The Bertz CT molecular complexity index is 1210. The van der Waals surface area contributed by atoms with Crippen molar-refractivity contribution in [2.75, 3.05) is 38.1 Å². The Kier molecular flexibility index (Phi) is 4.79. The second-order valence-electron chi connectivity index (χ2n) is 7.96. The van der Waals surface area contributed by atoms with Crippen LogP contribution in [0.3, 0.4) is 0 Å². The lowest BCUT2D eigenvalue weighted by Gasteiger charge is -2.34. The molecule has 0 spiro atoms. The van der Waals surface area contributed by atoms with E-state index in [-0.39, 0.29) is 17.6 Å². The summed E-state index contributed by atoms with van der Waals surface area (Å²) in [7, 11) is 2.04. The smallest absolute Gasteiger partial charge is 0.282 e. The van der Waals surface area contributed by atoms with Crippen molar-refractivity contribution in [3.8, 4) is 0 Å². The lowest BCUT2D eigenvalue weighted by atomic mass is 10.0. The third kappa shape index (κ3) is 3.29. The molecule has 2 aliphatic heterocycles. The normalized spacial score (nSPS) is 17.9. The molecular weight excluding hydrogens is 393 g/mol. The van der Waals surface area contributed by atoms with Crippen LogP contribution in [0.15, 0.2) is 72.4 Å². The van der Waals surface area contributed by atoms with E-state index in [1.54, 1.807) is 18.2 Å². The highest BCUT2D eigenvalue weighted by molar-refractivity contribution is 6.46. The quantitative estimate of drug-likeness (QED) is 0.614. The molecule has 5 nitrogen and oxygen atoms in total. The Morgan fingerprint density at radius 3 is 2.19 bits per heavy atom. The number of anilines is 1. The first-order valence-electron chi connectivity index (χ1n) is 10.3. The van der Waals surface area contributed by atoms with Gasteiger partial charge in [0.15, 0.2) is 0 Å². The van der Waals surface area contributed by atoms with Crippen molar-refractivity contribution in [3.63, 3.8) is 0 Å². The highest BCUT2D eigenvalue weighted by Crippen LogP contribution is 2.37. The van der Waals surface area contributed by atoms with E-state index >= 15 is 0 Å². The number of halogens is 1. The summed E-state index contributed by atoms with van der Waals surface area (Å²) < 4.78 is 13.6. The van der Waals surface area contributed by atoms with Crippen LogP contribution in [0.2, 0.25) is 0 Å². The number of rotatable bonds is 3. The number of fused-ring (bicyclic) bond motifs is 1. The van der Waals surface area contributed by atoms with Crippen LogP contribution in [0, 0.1) is 5.82 Å².